The van der Waals surface area contributed by atoms with E-state index in [1.807, 2.05) is 49.3 Å². The Labute approximate surface area is 165 Å². The van der Waals surface area contributed by atoms with Gasteiger partial charge in [0.2, 0.25) is 5.95 Å². The normalized spacial score (nSPS) is 21.7. The van der Waals surface area contributed by atoms with Gasteiger partial charge in [-0.3, -0.25) is 4.79 Å². The number of benzene rings is 1. The number of carbonyl (C=O) groups is 1. The van der Waals surface area contributed by atoms with Crippen molar-refractivity contribution < 1.29 is 9.53 Å². The first-order chi connectivity index (χ1) is 13.6. The van der Waals surface area contributed by atoms with Gasteiger partial charge in [0.25, 0.3) is 5.91 Å². The molecule has 0 saturated heterocycles. The molecule has 28 heavy (non-hydrogen) atoms. The first-order valence-electron chi connectivity index (χ1n) is 9.94. The van der Waals surface area contributed by atoms with E-state index in [4.69, 9.17) is 9.72 Å². The lowest BCUT2D eigenvalue weighted by molar-refractivity contribution is -0.121. The fourth-order valence-corrected chi connectivity index (χ4v) is 3.86. The molecule has 1 aliphatic heterocycles. The fraction of sp³-hybridized carbons (Fsp3) is 0.476. The van der Waals surface area contributed by atoms with Crippen molar-refractivity contribution in [1.82, 2.24) is 15.3 Å². The Morgan fingerprint density at radius 3 is 2.57 bits per heavy atom. The summed E-state index contributed by atoms with van der Waals surface area (Å²) in [5, 5.41) is 7.64. The number of para-hydroxylation sites is 1. The van der Waals surface area contributed by atoms with Crippen LogP contribution < -0.4 is 15.5 Å². The number of hydrogen-bond donors (Lipinski definition) is 2. The summed E-state index contributed by atoms with van der Waals surface area (Å²) in [7, 11) is 3.99. The second kappa shape index (κ2) is 8.04. The van der Waals surface area contributed by atoms with E-state index in [1.54, 1.807) is 0 Å². The number of carbonyl (C=O) groups excluding carboxylic acids is 1. The number of anilines is 2. The first kappa shape index (κ1) is 18.5. The number of nitrogens with zero attached hydrogens (tertiary/aromatic N) is 3. The van der Waals surface area contributed by atoms with Crippen molar-refractivity contribution in [2.75, 3.05) is 30.9 Å². The number of rotatable bonds is 5. The van der Waals surface area contributed by atoms with Crippen molar-refractivity contribution in [1.29, 1.82) is 0 Å². The lowest BCUT2D eigenvalue weighted by Crippen LogP contribution is -2.41. The van der Waals surface area contributed by atoms with Crippen LogP contribution in [0.4, 0.5) is 11.8 Å². The predicted molar refractivity (Wildman–Crippen MR) is 110 cm³/mol. The van der Waals surface area contributed by atoms with E-state index in [9.17, 15) is 4.79 Å². The largest absolute Gasteiger partial charge is 0.488 e. The quantitative estimate of drug-likeness (QED) is 0.829. The summed E-state index contributed by atoms with van der Waals surface area (Å²) in [6.45, 7) is 0.611. The Morgan fingerprint density at radius 1 is 1.11 bits per heavy atom. The smallest absolute Gasteiger partial charge is 0.286 e. The molecule has 1 fully saturated rings. The van der Waals surface area contributed by atoms with Gasteiger partial charge in [-0.05, 0) is 43.9 Å². The van der Waals surface area contributed by atoms with Crippen molar-refractivity contribution >= 4 is 28.6 Å². The van der Waals surface area contributed by atoms with E-state index < -0.39 is 0 Å². The number of amides is 1. The molecule has 2 aliphatic rings. The zero-order chi connectivity index (χ0) is 19.5. The van der Waals surface area contributed by atoms with E-state index >= 15 is 0 Å². The summed E-state index contributed by atoms with van der Waals surface area (Å²) in [5.74, 6) is 1.97. The number of hydrogen-bond acceptors (Lipinski definition) is 6. The lowest BCUT2D eigenvalue weighted by Gasteiger charge is -2.30. The lowest BCUT2D eigenvalue weighted by atomic mass is 9.91. The van der Waals surface area contributed by atoms with Gasteiger partial charge in [0.15, 0.2) is 5.76 Å². The molecule has 0 spiro atoms. The van der Waals surface area contributed by atoms with Gasteiger partial charge in [0.1, 0.15) is 5.82 Å². The number of nitrogens with one attached hydrogen (secondary N) is 2. The van der Waals surface area contributed by atoms with Gasteiger partial charge in [-0.2, -0.15) is 4.98 Å². The summed E-state index contributed by atoms with van der Waals surface area (Å²) in [6.07, 6.45) is 6.49. The standard InChI is InChI=1S/C21H27N5O2/c1-26(2)19-16-6-3-4-7-17(16)24-21(25-19)23-15-11-9-14(10-12-15)22-20(27)18-8-5-13-28-18/h3-4,6-8,14-15H,5,9-13H2,1-2H3,(H,22,27)(H,23,24,25). The van der Waals surface area contributed by atoms with Gasteiger partial charge in [-0.1, -0.05) is 12.1 Å². The van der Waals surface area contributed by atoms with E-state index in [0.717, 1.165) is 48.8 Å². The van der Waals surface area contributed by atoms with Crippen molar-refractivity contribution in [3.8, 4) is 0 Å². The molecule has 0 atom stereocenters. The minimum Gasteiger partial charge on any atom is -0.488 e. The summed E-state index contributed by atoms with van der Waals surface area (Å²) in [5.41, 5.74) is 0.939. The third-order valence-electron chi connectivity index (χ3n) is 5.33. The molecule has 0 unspecified atom stereocenters. The maximum absolute atomic E-state index is 12.2. The Hall–Kier alpha value is -2.83. The zero-order valence-corrected chi connectivity index (χ0v) is 16.4. The van der Waals surface area contributed by atoms with Crippen LogP contribution in [0.15, 0.2) is 36.1 Å². The number of fused-ring (bicyclic) bond motifs is 1. The Bertz CT molecular complexity index is 887. The maximum atomic E-state index is 12.2. The van der Waals surface area contributed by atoms with Crippen LogP contribution in [0.5, 0.6) is 0 Å². The van der Waals surface area contributed by atoms with E-state index in [0.29, 0.717) is 24.4 Å². The molecule has 1 saturated carbocycles. The van der Waals surface area contributed by atoms with Gasteiger partial charge < -0.3 is 20.3 Å². The Morgan fingerprint density at radius 2 is 1.86 bits per heavy atom. The van der Waals surface area contributed by atoms with E-state index in [1.165, 1.54) is 0 Å². The average Bonchev–Trinajstić information content (AvgIpc) is 3.24. The summed E-state index contributed by atoms with van der Waals surface area (Å²) < 4.78 is 5.34. The Kier molecular flexibility index (Phi) is 5.32. The van der Waals surface area contributed by atoms with Gasteiger partial charge in [0.05, 0.1) is 12.1 Å². The van der Waals surface area contributed by atoms with Crippen molar-refractivity contribution in [2.24, 2.45) is 0 Å². The molecule has 148 valence electrons. The molecule has 2 aromatic rings. The molecule has 1 aromatic heterocycles. The molecular weight excluding hydrogens is 354 g/mol. The third kappa shape index (κ3) is 4.03. The second-order valence-corrected chi connectivity index (χ2v) is 7.65. The number of aromatic nitrogens is 2. The van der Waals surface area contributed by atoms with Crippen LogP contribution in [0.1, 0.15) is 32.1 Å². The van der Waals surface area contributed by atoms with Crippen molar-refractivity contribution in [2.45, 2.75) is 44.2 Å². The summed E-state index contributed by atoms with van der Waals surface area (Å²) >= 11 is 0. The van der Waals surface area contributed by atoms with Crippen LogP contribution >= 0.6 is 0 Å². The van der Waals surface area contributed by atoms with Crippen molar-refractivity contribution in [3.05, 3.63) is 36.1 Å². The predicted octanol–water partition coefficient (Wildman–Crippen LogP) is 2.84. The van der Waals surface area contributed by atoms with Crippen molar-refractivity contribution in [3.63, 3.8) is 0 Å². The minimum absolute atomic E-state index is 0.0811. The van der Waals surface area contributed by atoms with Gasteiger partial charge in [-0.15, -0.1) is 0 Å². The fourth-order valence-electron chi connectivity index (χ4n) is 3.86. The molecule has 0 radical (unpaired) electrons. The zero-order valence-electron chi connectivity index (χ0n) is 16.4. The maximum Gasteiger partial charge on any atom is 0.286 e. The highest BCUT2D eigenvalue weighted by Crippen LogP contribution is 2.26. The topological polar surface area (TPSA) is 79.4 Å². The highest BCUT2D eigenvalue weighted by molar-refractivity contribution is 5.92. The average molecular weight is 381 g/mol. The number of ether oxygens (including phenoxy) is 1. The summed E-state index contributed by atoms with van der Waals surface area (Å²) in [4.78, 5) is 23.6. The van der Waals surface area contributed by atoms with Crippen LogP contribution in [-0.4, -0.2) is 48.7 Å². The molecule has 1 amide bonds. The first-order valence-corrected chi connectivity index (χ1v) is 9.94. The van der Waals surface area contributed by atoms with Crippen LogP contribution in [0.3, 0.4) is 0 Å². The molecule has 1 aliphatic carbocycles. The van der Waals surface area contributed by atoms with Crippen LogP contribution in [0.2, 0.25) is 0 Å². The van der Waals surface area contributed by atoms with Crippen LogP contribution in [0.25, 0.3) is 10.9 Å². The molecular formula is C21H27N5O2. The molecule has 7 nitrogen and oxygen atoms in total. The SMILES string of the molecule is CN(C)c1nc(NC2CCC(NC(=O)C3=CCCO3)CC2)nc2ccccc12. The van der Waals surface area contributed by atoms with Gasteiger partial charge >= 0.3 is 0 Å². The highest BCUT2D eigenvalue weighted by Gasteiger charge is 2.25. The summed E-state index contributed by atoms with van der Waals surface area (Å²) in [6, 6.07) is 8.58. The molecule has 2 N–H and O–H groups in total. The molecule has 4 rings (SSSR count). The minimum atomic E-state index is -0.0811. The van der Waals surface area contributed by atoms with E-state index in [2.05, 4.69) is 15.6 Å². The van der Waals surface area contributed by atoms with Crippen LogP contribution in [-0.2, 0) is 9.53 Å². The monoisotopic (exact) mass is 381 g/mol. The molecule has 0 bridgehead atoms. The molecule has 2 heterocycles. The highest BCUT2D eigenvalue weighted by atomic mass is 16.5. The second-order valence-electron chi connectivity index (χ2n) is 7.65. The van der Waals surface area contributed by atoms with E-state index in [-0.39, 0.29) is 11.9 Å². The van der Waals surface area contributed by atoms with Gasteiger partial charge in [-0.25, -0.2) is 4.98 Å². The third-order valence-corrected chi connectivity index (χ3v) is 5.33. The van der Waals surface area contributed by atoms with Gasteiger partial charge in [0, 0.05) is 38.0 Å². The Balaban J connectivity index is 1.37. The molecule has 1 aromatic carbocycles. The molecule has 7 heteroatoms. The van der Waals surface area contributed by atoms with Crippen LogP contribution in [0, 0.1) is 0 Å².